The van der Waals surface area contributed by atoms with Crippen LogP contribution in [0.2, 0.25) is 5.02 Å². The zero-order chi connectivity index (χ0) is 15.8. The second-order valence-corrected chi connectivity index (χ2v) is 6.04. The van der Waals surface area contributed by atoms with Crippen molar-refractivity contribution in [2.75, 3.05) is 5.32 Å². The Hall–Kier alpha value is -2.59. The van der Waals surface area contributed by atoms with Crippen LogP contribution < -0.4 is 5.32 Å². The van der Waals surface area contributed by atoms with Crippen LogP contribution in [0.25, 0.3) is 5.70 Å². The molecule has 0 unspecified atom stereocenters. The molecule has 1 N–H and O–H groups in total. The number of halogens is 1. The molecule has 2 aromatic carbocycles. The van der Waals surface area contributed by atoms with Gasteiger partial charge in [-0.25, -0.2) is 4.68 Å². The van der Waals surface area contributed by atoms with Gasteiger partial charge in [-0.05, 0) is 36.3 Å². The number of nitrogens with one attached hydrogen (secondary N) is 1. The van der Waals surface area contributed by atoms with Crippen molar-refractivity contribution >= 4 is 23.2 Å². The molecule has 0 saturated carbocycles. The molecule has 1 aliphatic rings. The summed E-state index contributed by atoms with van der Waals surface area (Å²) in [6.45, 7) is 2.08. The zero-order valence-corrected chi connectivity index (χ0v) is 13.3. The SMILES string of the molecule is Cc1ccc(C2=C[C@H](c3cccc(Cl)c3)n3ncnc3N2)cc1. The van der Waals surface area contributed by atoms with Crippen molar-refractivity contribution in [2.24, 2.45) is 0 Å². The number of nitrogens with zero attached hydrogens (tertiary/aromatic N) is 3. The molecule has 0 aliphatic carbocycles. The lowest BCUT2D eigenvalue weighted by atomic mass is 10.0. The number of hydrogen-bond donors (Lipinski definition) is 1. The van der Waals surface area contributed by atoms with E-state index >= 15 is 0 Å². The van der Waals surface area contributed by atoms with Gasteiger partial charge in [0, 0.05) is 10.7 Å². The highest BCUT2D eigenvalue weighted by Gasteiger charge is 2.23. The molecule has 0 bridgehead atoms. The molecule has 4 rings (SSSR count). The number of hydrogen-bond acceptors (Lipinski definition) is 3. The fourth-order valence-electron chi connectivity index (χ4n) is 2.76. The third-order valence-electron chi connectivity index (χ3n) is 3.96. The molecule has 2 heterocycles. The van der Waals surface area contributed by atoms with Gasteiger partial charge in [0.1, 0.15) is 12.4 Å². The molecule has 0 amide bonds. The quantitative estimate of drug-likeness (QED) is 0.765. The minimum absolute atomic E-state index is 0.0382. The van der Waals surface area contributed by atoms with Crippen molar-refractivity contribution < 1.29 is 0 Å². The summed E-state index contributed by atoms with van der Waals surface area (Å²) < 4.78 is 1.86. The van der Waals surface area contributed by atoms with E-state index in [2.05, 4.69) is 58.7 Å². The summed E-state index contributed by atoms with van der Waals surface area (Å²) in [6.07, 6.45) is 3.71. The Balaban J connectivity index is 1.81. The van der Waals surface area contributed by atoms with Crippen LogP contribution in [0.5, 0.6) is 0 Å². The molecule has 0 radical (unpaired) electrons. The van der Waals surface area contributed by atoms with Gasteiger partial charge in [0.05, 0.1) is 0 Å². The van der Waals surface area contributed by atoms with Gasteiger partial charge < -0.3 is 5.32 Å². The van der Waals surface area contributed by atoms with Crippen LogP contribution in [0, 0.1) is 6.92 Å². The van der Waals surface area contributed by atoms with Crippen LogP contribution in [-0.4, -0.2) is 14.8 Å². The van der Waals surface area contributed by atoms with E-state index in [9.17, 15) is 0 Å². The van der Waals surface area contributed by atoms with Crippen LogP contribution in [0.4, 0.5) is 5.95 Å². The maximum atomic E-state index is 6.15. The van der Waals surface area contributed by atoms with E-state index in [0.29, 0.717) is 5.02 Å². The topological polar surface area (TPSA) is 42.7 Å². The summed E-state index contributed by atoms with van der Waals surface area (Å²) in [5.41, 5.74) is 4.46. The summed E-state index contributed by atoms with van der Waals surface area (Å²) in [4.78, 5) is 4.32. The fraction of sp³-hybridized carbons (Fsp3) is 0.111. The minimum atomic E-state index is -0.0382. The Bertz CT molecular complexity index is 880. The summed E-state index contributed by atoms with van der Waals surface area (Å²) in [5.74, 6) is 0.730. The first-order valence-corrected chi connectivity index (χ1v) is 7.79. The molecule has 23 heavy (non-hydrogen) atoms. The summed E-state index contributed by atoms with van der Waals surface area (Å²) in [5, 5.41) is 8.40. The lowest BCUT2D eigenvalue weighted by Crippen LogP contribution is -2.20. The number of benzene rings is 2. The largest absolute Gasteiger partial charge is 0.324 e. The van der Waals surface area contributed by atoms with Crippen LogP contribution >= 0.6 is 11.6 Å². The van der Waals surface area contributed by atoms with E-state index < -0.39 is 0 Å². The predicted molar refractivity (Wildman–Crippen MR) is 92.4 cm³/mol. The number of anilines is 1. The van der Waals surface area contributed by atoms with Gasteiger partial charge in [-0.15, -0.1) is 0 Å². The molecule has 0 saturated heterocycles. The van der Waals surface area contributed by atoms with Gasteiger partial charge >= 0.3 is 0 Å². The second-order valence-electron chi connectivity index (χ2n) is 5.60. The third-order valence-corrected chi connectivity index (χ3v) is 4.20. The molecular weight excluding hydrogens is 308 g/mol. The van der Waals surface area contributed by atoms with Gasteiger partial charge in [-0.1, -0.05) is 53.6 Å². The smallest absolute Gasteiger partial charge is 0.226 e. The average molecular weight is 323 g/mol. The average Bonchev–Trinajstić information content (AvgIpc) is 3.03. The minimum Gasteiger partial charge on any atom is -0.324 e. The number of aromatic nitrogens is 3. The highest BCUT2D eigenvalue weighted by atomic mass is 35.5. The Morgan fingerprint density at radius 1 is 1.13 bits per heavy atom. The molecule has 1 aliphatic heterocycles. The molecule has 5 heteroatoms. The van der Waals surface area contributed by atoms with Crippen molar-refractivity contribution in [2.45, 2.75) is 13.0 Å². The lowest BCUT2D eigenvalue weighted by Gasteiger charge is -2.24. The molecule has 3 aromatic rings. The number of allylic oxidation sites excluding steroid dienone is 1. The van der Waals surface area contributed by atoms with E-state index in [1.54, 1.807) is 6.33 Å². The Labute approximate surface area is 139 Å². The third kappa shape index (κ3) is 2.62. The first kappa shape index (κ1) is 14.0. The van der Waals surface area contributed by atoms with E-state index in [1.165, 1.54) is 5.56 Å². The molecule has 1 atom stereocenters. The highest BCUT2D eigenvalue weighted by Crippen LogP contribution is 2.32. The van der Waals surface area contributed by atoms with Crippen LogP contribution in [-0.2, 0) is 0 Å². The van der Waals surface area contributed by atoms with E-state index in [4.69, 9.17) is 11.6 Å². The van der Waals surface area contributed by atoms with Crippen LogP contribution in [0.15, 0.2) is 60.9 Å². The number of fused-ring (bicyclic) bond motifs is 1. The Morgan fingerprint density at radius 2 is 1.96 bits per heavy atom. The summed E-state index contributed by atoms with van der Waals surface area (Å²) >= 11 is 6.15. The predicted octanol–water partition coefficient (Wildman–Crippen LogP) is 4.30. The first-order chi connectivity index (χ1) is 11.2. The summed E-state index contributed by atoms with van der Waals surface area (Å²) in [7, 11) is 0. The molecule has 0 fully saturated rings. The van der Waals surface area contributed by atoms with Gasteiger partial charge in [-0.3, -0.25) is 0 Å². The van der Waals surface area contributed by atoms with Crippen molar-refractivity contribution in [1.82, 2.24) is 14.8 Å². The van der Waals surface area contributed by atoms with Crippen molar-refractivity contribution in [3.8, 4) is 0 Å². The maximum Gasteiger partial charge on any atom is 0.226 e. The summed E-state index contributed by atoms with van der Waals surface area (Å²) in [6, 6.07) is 16.2. The van der Waals surface area contributed by atoms with Crippen molar-refractivity contribution in [3.63, 3.8) is 0 Å². The maximum absolute atomic E-state index is 6.15. The number of aryl methyl sites for hydroxylation is 1. The van der Waals surface area contributed by atoms with E-state index in [0.717, 1.165) is 22.8 Å². The number of rotatable bonds is 2. The highest BCUT2D eigenvalue weighted by molar-refractivity contribution is 6.30. The molecule has 114 valence electrons. The van der Waals surface area contributed by atoms with Crippen LogP contribution in [0.3, 0.4) is 0 Å². The fourth-order valence-corrected chi connectivity index (χ4v) is 2.96. The Kier molecular flexibility index (Phi) is 3.39. The van der Waals surface area contributed by atoms with Gasteiger partial charge in [-0.2, -0.15) is 10.1 Å². The van der Waals surface area contributed by atoms with E-state index in [-0.39, 0.29) is 6.04 Å². The second kappa shape index (κ2) is 5.56. The first-order valence-electron chi connectivity index (χ1n) is 7.41. The Morgan fingerprint density at radius 3 is 2.74 bits per heavy atom. The standard InChI is InChI=1S/C18H15ClN4/c1-12-5-7-13(8-6-12)16-10-17(14-3-2-4-15(19)9-14)23-18(22-16)20-11-21-23/h2-11,17H,1H3,(H,20,21,22)/t17-/m1/s1. The zero-order valence-electron chi connectivity index (χ0n) is 12.6. The normalized spacial score (nSPS) is 16.4. The van der Waals surface area contributed by atoms with Crippen LogP contribution in [0.1, 0.15) is 22.7 Å². The molecule has 1 aromatic heterocycles. The van der Waals surface area contributed by atoms with Gasteiger partial charge in [0.15, 0.2) is 0 Å². The molecule has 4 nitrogen and oxygen atoms in total. The van der Waals surface area contributed by atoms with Gasteiger partial charge in [0.25, 0.3) is 0 Å². The lowest BCUT2D eigenvalue weighted by molar-refractivity contribution is 0.612. The van der Waals surface area contributed by atoms with Crippen molar-refractivity contribution in [1.29, 1.82) is 0 Å². The van der Waals surface area contributed by atoms with E-state index in [1.807, 2.05) is 22.9 Å². The monoisotopic (exact) mass is 322 g/mol. The molecule has 0 spiro atoms. The van der Waals surface area contributed by atoms with Gasteiger partial charge in [0.2, 0.25) is 5.95 Å². The van der Waals surface area contributed by atoms with Crippen molar-refractivity contribution in [3.05, 3.63) is 82.6 Å². The molecular formula is C18H15ClN4.